The molecule has 1 aromatic heterocycles. The van der Waals surface area contributed by atoms with E-state index in [1.807, 2.05) is 25.1 Å². The van der Waals surface area contributed by atoms with E-state index in [0.717, 1.165) is 36.9 Å². The number of carbonyl (C=O) groups excluding carboxylic acids is 1. The molecule has 1 aromatic carbocycles. The maximum atomic E-state index is 13.2. The molecule has 142 valence electrons. The zero-order valence-corrected chi connectivity index (χ0v) is 15.8. The molecule has 1 aliphatic heterocycles. The van der Waals surface area contributed by atoms with Gasteiger partial charge in [0.25, 0.3) is 11.8 Å². The van der Waals surface area contributed by atoms with Gasteiger partial charge in [0.1, 0.15) is 5.69 Å². The summed E-state index contributed by atoms with van der Waals surface area (Å²) in [6, 6.07) is 9.89. The van der Waals surface area contributed by atoms with Crippen LogP contribution in [0.1, 0.15) is 41.9 Å². The van der Waals surface area contributed by atoms with Crippen LogP contribution in [-0.4, -0.2) is 21.8 Å². The molecule has 0 saturated heterocycles. The molecule has 0 spiro atoms. The first kappa shape index (κ1) is 19.3. The van der Waals surface area contributed by atoms with E-state index in [0.29, 0.717) is 10.9 Å². The summed E-state index contributed by atoms with van der Waals surface area (Å²) in [7, 11) is 0. The standard InChI is InChI=1S/C19H20F2N4OS/c1-18(8-9-27-17(22)25-18)13-4-3-5-14(10-13)24-16(26)12-6-7-15(23-11-12)19(2,20)21/h3-7,10-11H,8-9H2,1-2H3,(H2,22,25)(H,24,26). The molecule has 2 heterocycles. The Morgan fingerprint density at radius 2 is 2.11 bits per heavy atom. The summed E-state index contributed by atoms with van der Waals surface area (Å²) in [5.74, 6) is -2.58. The predicted octanol–water partition coefficient (Wildman–Crippen LogP) is 4.11. The van der Waals surface area contributed by atoms with Crippen LogP contribution < -0.4 is 11.1 Å². The summed E-state index contributed by atoms with van der Waals surface area (Å²) >= 11 is 1.53. The first-order valence-corrected chi connectivity index (χ1v) is 9.40. The first-order chi connectivity index (χ1) is 12.7. The molecule has 27 heavy (non-hydrogen) atoms. The second kappa shape index (κ2) is 7.26. The Morgan fingerprint density at radius 1 is 1.33 bits per heavy atom. The van der Waals surface area contributed by atoms with E-state index in [1.54, 1.807) is 6.07 Å². The Labute approximate surface area is 160 Å². The highest BCUT2D eigenvalue weighted by molar-refractivity contribution is 8.13. The average Bonchev–Trinajstić information content (AvgIpc) is 2.61. The number of alkyl halides is 2. The number of nitrogens with two attached hydrogens (primary N) is 1. The van der Waals surface area contributed by atoms with Crippen molar-refractivity contribution in [1.29, 1.82) is 0 Å². The number of carbonyl (C=O) groups is 1. The molecule has 1 aliphatic rings. The number of anilines is 1. The van der Waals surface area contributed by atoms with E-state index < -0.39 is 17.4 Å². The molecule has 5 nitrogen and oxygen atoms in total. The minimum atomic E-state index is -3.04. The van der Waals surface area contributed by atoms with Gasteiger partial charge >= 0.3 is 0 Å². The van der Waals surface area contributed by atoms with Crippen LogP contribution in [0.5, 0.6) is 0 Å². The lowest BCUT2D eigenvalue weighted by atomic mass is 9.89. The highest BCUT2D eigenvalue weighted by Gasteiger charge is 2.29. The number of nitrogens with one attached hydrogen (secondary N) is 1. The summed E-state index contributed by atoms with van der Waals surface area (Å²) in [6.45, 7) is 2.77. The molecule has 3 N–H and O–H groups in total. The Bertz CT molecular complexity index is 880. The van der Waals surface area contributed by atoms with Crippen LogP contribution in [-0.2, 0) is 11.5 Å². The van der Waals surface area contributed by atoms with Gasteiger partial charge < -0.3 is 11.1 Å². The van der Waals surface area contributed by atoms with Crippen LogP contribution in [0.25, 0.3) is 0 Å². The van der Waals surface area contributed by atoms with Gasteiger partial charge in [-0.05, 0) is 43.2 Å². The van der Waals surface area contributed by atoms with Crippen LogP contribution in [0.4, 0.5) is 14.5 Å². The molecule has 1 atom stereocenters. The lowest BCUT2D eigenvalue weighted by Crippen LogP contribution is -2.28. The topological polar surface area (TPSA) is 80.4 Å². The van der Waals surface area contributed by atoms with Crippen molar-refractivity contribution < 1.29 is 13.6 Å². The van der Waals surface area contributed by atoms with Gasteiger partial charge in [0.2, 0.25) is 0 Å². The molecule has 8 heteroatoms. The quantitative estimate of drug-likeness (QED) is 0.823. The van der Waals surface area contributed by atoms with Gasteiger partial charge in [-0.25, -0.2) is 0 Å². The fourth-order valence-corrected chi connectivity index (χ4v) is 3.79. The summed E-state index contributed by atoms with van der Waals surface area (Å²) in [5.41, 5.74) is 6.80. The molecule has 1 amide bonds. The fraction of sp³-hybridized carbons (Fsp3) is 0.316. The van der Waals surface area contributed by atoms with Gasteiger partial charge in [0.15, 0.2) is 5.17 Å². The lowest BCUT2D eigenvalue weighted by Gasteiger charge is -2.30. The third-order valence-corrected chi connectivity index (χ3v) is 5.21. The number of nitrogens with zero attached hydrogens (tertiary/aromatic N) is 2. The molecular formula is C19H20F2N4OS. The van der Waals surface area contributed by atoms with E-state index in [4.69, 9.17) is 5.73 Å². The van der Waals surface area contributed by atoms with Gasteiger partial charge in [-0.2, -0.15) is 8.78 Å². The maximum Gasteiger partial charge on any atom is 0.286 e. The van der Waals surface area contributed by atoms with Crippen LogP contribution >= 0.6 is 11.8 Å². The normalized spacial score (nSPS) is 20.1. The van der Waals surface area contributed by atoms with Crippen molar-refractivity contribution in [2.24, 2.45) is 10.7 Å². The predicted molar refractivity (Wildman–Crippen MR) is 104 cm³/mol. The van der Waals surface area contributed by atoms with Crippen LogP contribution in [0.2, 0.25) is 0 Å². The van der Waals surface area contributed by atoms with Gasteiger partial charge in [0, 0.05) is 24.6 Å². The number of amides is 1. The number of hydrogen-bond acceptors (Lipinski definition) is 5. The fourth-order valence-electron chi connectivity index (χ4n) is 2.82. The highest BCUT2D eigenvalue weighted by atomic mass is 32.2. The number of pyridine rings is 1. The monoisotopic (exact) mass is 390 g/mol. The largest absolute Gasteiger partial charge is 0.379 e. The molecule has 1 unspecified atom stereocenters. The van der Waals surface area contributed by atoms with Gasteiger partial charge in [-0.15, -0.1) is 0 Å². The summed E-state index contributed by atoms with van der Waals surface area (Å²) < 4.78 is 26.5. The number of halogens is 2. The molecule has 0 saturated carbocycles. The lowest BCUT2D eigenvalue weighted by molar-refractivity contribution is 0.0127. The van der Waals surface area contributed by atoms with Crippen LogP contribution in [0.3, 0.4) is 0 Å². The first-order valence-electron chi connectivity index (χ1n) is 8.42. The SMILES string of the molecule is CC(F)(F)c1ccc(C(=O)Nc2cccc(C3(C)CCSC(N)=N3)c2)cn1. The Kier molecular flexibility index (Phi) is 5.19. The van der Waals surface area contributed by atoms with E-state index in [9.17, 15) is 13.6 Å². The van der Waals surface area contributed by atoms with Crippen molar-refractivity contribution >= 4 is 28.5 Å². The van der Waals surface area contributed by atoms with Crippen molar-refractivity contribution in [3.63, 3.8) is 0 Å². The number of rotatable bonds is 4. The van der Waals surface area contributed by atoms with Crippen molar-refractivity contribution in [1.82, 2.24) is 4.98 Å². The number of aliphatic imine (C=N–C) groups is 1. The molecule has 0 aliphatic carbocycles. The molecule has 2 aromatic rings. The zero-order chi connectivity index (χ0) is 19.7. The number of aromatic nitrogens is 1. The number of hydrogen-bond donors (Lipinski definition) is 2. The number of thioether (sulfide) groups is 1. The minimum Gasteiger partial charge on any atom is -0.379 e. The third kappa shape index (κ3) is 4.44. The zero-order valence-electron chi connectivity index (χ0n) is 15.0. The smallest absolute Gasteiger partial charge is 0.286 e. The van der Waals surface area contributed by atoms with Crippen molar-refractivity contribution in [3.05, 3.63) is 59.4 Å². The molecule has 3 rings (SSSR count). The summed E-state index contributed by atoms with van der Waals surface area (Å²) in [6.07, 6.45) is 1.99. The maximum absolute atomic E-state index is 13.2. The van der Waals surface area contributed by atoms with E-state index in [1.165, 1.54) is 17.8 Å². The highest BCUT2D eigenvalue weighted by Crippen LogP contribution is 2.36. The Hall–Kier alpha value is -2.48. The van der Waals surface area contributed by atoms with Crippen molar-refractivity contribution in [2.75, 3.05) is 11.1 Å². The second-order valence-corrected chi connectivity index (χ2v) is 7.79. The van der Waals surface area contributed by atoms with Crippen LogP contribution in [0.15, 0.2) is 47.6 Å². The van der Waals surface area contributed by atoms with E-state index >= 15 is 0 Å². The Balaban J connectivity index is 1.78. The molecule has 0 fully saturated rings. The molecule has 0 radical (unpaired) electrons. The molecule has 0 bridgehead atoms. The average molecular weight is 390 g/mol. The molecular weight excluding hydrogens is 370 g/mol. The van der Waals surface area contributed by atoms with Gasteiger partial charge in [-0.3, -0.25) is 14.8 Å². The summed E-state index contributed by atoms with van der Waals surface area (Å²) in [5, 5.41) is 3.33. The third-order valence-electron chi connectivity index (χ3n) is 4.41. The number of benzene rings is 1. The van der Waals surface area contributed by atoms with Gasteiger partial charge in [0.05, 0.1) is 11.1 Å². The van der Waals surface area contributed by atoms with E-state index in [-0.39, 0.29) is 11.3 Å². The van der Waals surface area contributed by atoms with E-state index in [2.05, 4.69) is 15.3 Å². The second-order valence-electron chi connectivity index (χ2n) is 6.68. The summed E-state index contributed by atoms with van der Waals surface area (Å²) in [4.78, 5) is 20.6. The minimum absolute atomic E-state index is 0.205. The number of amidine groups is 1. The van der Waals surface area contributed by atoms with Gasteiger partial charge in [-0.1, -0.05) is 23.9 Å². The van der Waals surface area contributed by atoms with Crippen molar-refractivity contribution in [3.8, 4) is 0 Å². The van der Waals surface area contributed by atoms with Crippen LogP contribution in [0, 0.1) is 0 Å². The van der Waals surface area contributed by atoms with Crippen molar-refractivity contribution in [2.45, 2.75) is 31.7 Å². The Morgan fingerprint density at radius 3 is 2.74 bits per heavy atom.